The Labute approximate surface area is 161 Å². The zero-order valence-electron chi connectivity index (χ0n) is 15.5. The van der Waals surface area contributed by atoms with Gasteiger partial charge in [0.05, 0.1) is 11.0 Å². The monoisotopic (exact) mass is 378 g/mol. The molecule has 0 amide bonds. The number of aromatic amines is 1. The Morgan fingerprint density at radius 2 is 1.92 bits per heavy atom. The first-order valence-electron chi connectivity index (χ1n) is 9.93. The van der Waals surface area contributed by atoms with E-state index >= 15 is 0 Å². The van der Waals surface area contributed by atoms with Crippen LogP contribution < -0.4 is 11.0 Å². The first kappa shape index (κ1) is 19.5. The van der Waals surface area contributed by atoms with Crippen LogP contribution in [-0.2, 0) is 0 Å². The maximum Gasteiger partial charge on any atom is 0.326 e. The van der Waals surface area contributed by atoms with Gasteiger partial charge in [0.2, 0.25) is 0 Å². The summed E-state index contributed by atoms with van der Waals surface area (Å²) < 4.78 is 1.99. The molecule has 1 atom stereocenters. The number of hydrogen-bond acceptors (Lipinski definition) is 3. The summed E-state index contributed by atoms with van der Waals surface area (Å²) in [4.78, 5) is 17.9. The zero-order chi connectivity index (χ0) is 17.1. The largest absolute Gasteiger partial charge is 0.326 e. The number of para-hydroxylation sites is 2. The van der Waals surface area contributed by atoms with E-state index in [9.17, 15) is 4.79 Å². The number of piperidine rings is 2. The minimum atomic E-state index is 0. The molecule has 26 heavy (non-hydrogen) atoms. The molecule has 0 saturated carbocycles. The molecule has 2 aromatic rings. The van der Waals surface area contributed by atoms with Gasteiger partial charge < -0.3 is 15.2 Å². The Hall–Kier alpha value is -1.30. The maximum atomic E-state index is 12.4. The molecule has 1 aromatic carbocycles. The predicted molar refractivity (Wildman–Crippen MR) is 109 cm³/mol. The Kier molecular flexibility index (Phi) is 6.79. The molecule has 0 spiro atoms. The van der Waals surface area contributed by atoms with Gasteiger partial charge in [-0.05, 0) is 76.2 Å². The van der Waals surface area contributed by atoms with Crippen LogP contribution in [0.3, 0.4) is 0 Å². The molecule has 1 aromatic heterocycles. The molecule has 1 unspecified atom stereocenters. The standard InChI is InChI=1S/C20H30N4O.ClH/c25-20-22-18-7-1-2-8-19(18)24(20)17-9-13-23(14-10-17)12-4-6-16-5-3-11-21-15-16;/h1-2,7-8,16-17,21H,3-6,9-15H2,(H,22,25);1H. The van der Waals surface area contributed by atoms with E-state index in [1.54, 1.807) is 0 Å². The van der Waals surface area contributed by atoms with Crippen molar-refractivity contribution in [2.24, 2.45) is 5.92 Å². The van der Waals surface area contributed by atoms with Crippen LogP contribution in [0.4, 0.5) is 0 Å². The molecular weight excluding hydrogens is 348 g/mol. The van der Waals surface area contributed by atoms with Gasteiger partial charge in [0.25, 0.3) is 0 Å². The van der Waals surface area contributed by atoms with Gasteiger partial charge >= 0.3 is 5.69 Å². The number of rotatable bonds is 5. The number of halogens is 1. The number of nitrogens with one attached hydrogen (secondary N) is 2. The van der Waals surface area contributed by atoms with E-state index in [1.807, 2.05) is 22.8 Å². The number of benzene rings is 1. The SMILES string of the molecule is Cl.O=c1[nH]c2ccccc2n1C1CCN(CCCC2CCCNC2)CC1. The van der Waals surface area contributed by atoms with Crippen LogP contribution in [-0.4, -0.2) is 47.2 Å². The molecule has 2 saturated heterocycles. The summed E-state index contributed by atoms with van der Waals surface area (Å²) in [5, 5.41) is 3.52. The molecule has 5 nitrogen and oxygen atoms in total. The van der Waals surface area contributed by atoms with E-state index in [-0.39, 0.29) is 18.1 Å². The van der Waals surface area contributed by atoms with Crippen molar-refractivity contribution in [3.8, 4) is 0 Å². The van der Waals surface area contributed by atoms with Gasteiger partial charge in [-0.2, -0.15) is 0 Å². The van der Waals surface area contributed by atoms with Crippen molar-refractivity contribution in [2.75, 3.05) is 32.7 Å². The summed E-state index contributed by atoms with van der Waals surface area (Å²) in [6, 6.07) is 8.37. The highest BCUT2D eigenvalue weighted by Crippen LogP contribution is 2.25. The van der Waals surface area contributed by atoms with Gasteiger partial charge in [-0.25, -0.2) is 4.79 Å². The fourth-order valence-corrected chi connectivity index (χ4v) is 4.61. The number of fused-ring (bicyclic) bond motifs is 1. The van der Waals surface area contributed by atoms with E-state index in [0.29, 0.717) is 6.04 Å². The quantitative estimate of drug-likeness (QED) is 0.840. The number of H-pyrrole nitrogens is 1. The predicted octanol–water partition coefficient (Wildman–Crippen LogP) is 3.17. The summed E-state index contributed by atoms with van der Waals surface area (Å²) in [5.74, 6) is 0.885. The lowest BCUT2D eigenvalue weighted by atomic mass is 9.94. The van der Waals surface area contributed by atoms with Crippen LogP contribution in [0.5, 0.6) is 0 Å². The van der Waals surface area contributed by atoms with E-state index in [2.05, 4.69) is 21.3 Å². The number of aromatic nitrogens is 2. The number of nitrogens with zero attached hydrogens (tertiary/aromatic N) is 2. The van der Waals surface area contributed by atoms with Crippen molar-refractivity contribution < 1.29 is 0 Å². The third kappa shape index (κ3) is 4.33. The summed E-state index contributed by atoms with van der Waals surface area (Å²) in [6.07, 6.45) is 7.56. The van der Waals surface area contributed by atoms with Gasteiger partial charge in [-0.3, -0.25) is 4.57 Å². The van der Waals surface area contributed by atoms with Crippen molar-refractivity contribution >= 4 is 23.4 Å². The zero-order valence-corrected chi connectivity index (χ0v) is 16.3. The Bertz CT molecular complexity index is 742. The molecule has 3 heterocycles. The van der Waals surface area contributed by atoms with Crippen LogP contribution >= 0.6 is 12.4 Å². The average Bonchev–Trinajstić information content (AvgIpc) is 2.99. The second-order valence-electron chi connectivity index (χ2n) is 7.74. The van der Waals surface area contributed by atoms with E-state index in [4.69, 9.17) is 0 Å². The second-order valence-corrected chi connectivity index (χ2v) is 7.74. The molecule has 144 valence electrons. The highest BCUT2D eigenvalue weighted by Gasteiger charge is 2.23. The van der Waals surface area contributed by atoms with Crippen molar-refractivity contribution in [2.45, 2.75) is 44.6 Å². The van der Waals surface area contributed by atoms with Crippen molar-refractivity contribution in [3.05, 3.63) is 34.7 Å². The smallest absolute Gasteiger partial charge is 0.316 e. The fraction of sp³-hybridized carbons (Fsp3) is 0.650. The first-order chi connectivity index (χ1) is 12.3. The van der Waals surface area contributed by atoms with Crippen LogP contribution in [0, 0.1) is 5.92 Å². The molecule has 2 N–H and O–H groups in total. The molecular formula is C20H31ClN4O. The van der Waals surface area contributed by atoms with Crippen LogP contribution in [0.1, 0.15) is 44.6 Å². The van der Waals surface area contributed by atoms with Crippen molar-refractivity contribution in [1.29, 1.82) is 0 Å². The lowest BCUT2D eigenvalue weighted by molar-refractivity contribution is 0.179. The van der Waals surface area contributed by atoms with Gasteiger partial charge in [-0.15, -0.1) is 12.4 Å². The molecule has 2 aliphatic rings. The molecule has 0 bridgehead atoms. The number of hydrogen-bond donors (Lipinski definition) is 2. The summed E-state index contributed by atoms with van der Waals surface area (Å²) >= 11 is 0. The molecule has 0 aliphatic carbocycles. The minimum absolute atomic E-state index is 0. The van der Waals surface area contributed by atoms with Gasteiger partial charge in [0, 0.05) is 19.1 Å². The highest BCUT2D eigenvalue weighted by molar-refractivity contribution is 5.85. The molecule has 2 aliphatic heterocycles. The molecule has 6 heteroatoms. The first-order valence-corrected chi connectivity index (χ1v) is 9.93. The molecule has 0 radical (unpaired) electrons. The van der Waals surface area contributed by atoms with E-state index in [0.717, 1.165) is 42.9 Å². The summed E-state index contributed by atoms with van der Waals surface area (Å²) in [5.41, 5.74) is 2.05. The number of likely N-dealkylation sites (tertiary alicyclic amines) is 1. The van der Waals surface area contributed by atoms with Crippen LogP contribution in [0.25, 0.3) is 11.0 Å². The Balaban J connectivity index is 0.00000196. The lowest BCUT2D eigenvalue weighted by Gasteiger charge is -2.33. The minimum Gasteiger partial charge on any atom is -0.316 e. The topological polar surface area (TPSA) is 53.1 Å². The van der Waals surface area contributed by atoms with Gasteiger partial charge in [0.15, 0.2) is 0 Å². The normalized spacial score (nSPS) is 22.4. The summed E-state index contributed by atoms with van der Waals surface area (Å²) in [7, 11) is 0. The third-order valence-electron chi connectivity index (χ3n) is 6.03. The average molecular weight is 379 g/mol. The number of imidazole rings is 1. The maximum absolute atomic E-state index is 12.4. The molecule has 4 rings (SSSR count). The van der Waals surface area contributed by atoms with Gasteiger partial charge in [-0.1, -0.05) is 12.1 Å². The van der Waals surface area contributed by atoms with E-state index < -0.39 is 0 Å². The molecule has 2 fully saturated rings. The lowest BCUT2D eigenvalue weighted by Crippen LogP contribution is -2.37. The van der Waals surface area contributed by atoms with Gasteiger partial charge in [0.1, 0.15) is 0 Å². The van der Waals surface area contributed by atoms with Crippen molar-refractivity contribution in [3.63, 3.8) is 0 Å². The highest BCUT2D eigenvalue weighted by atomic mass is 35.5. The third-order valence-corrected chi connectivity index (χ3v) is 6.03. The Morgan fingerprint density at radius 1 is 1.12 bits per heavy atom. The Morgan fingerprint density at radius 3 is 2.69 bits per heavy atom. The summed E-state index contributed by atoms with van der Waals surface area (Å²) in [6.45, 7) is 5.85. The fourth-order valence-electron chi connectivity index (χ4n) is 4.61. The second kappa shape index (κ2) is 9.07. The van der Waals surface area contributed by atoms with Crippen LogP contribution in [0.2, 0.25) is 0 Å². The van der Waals surface area contributed by atoms with Crippen LogP contribution in [0.15, 0.2) is 29.1 Å². The van der Waals surface area contributed by atoms with E-state index in [1.165, 1.54) is 45.3 Å². The van der Waals surface area contributed by atoms with Crippen molar-refractivity contribution in [1.82, 2.24) is 19.8 Å².